The van der Waals surface area contributed by atoms with Crippen LogP contribution in [0.2, 0.25) is 0 Å². The monoisotopic (exact) mass is 881 g/mol. The van der Waals surface area contributed by atoms with Crippen molar-refractivity contribution in [1.82, 2.24) is 0 Å². The fourth-order valence-electron chi connectivity index (χ4n) is 6.39. The number of phosphoric acid groups is 1. The van der Waals surface area contributed by atoms with Crippen molar-refractivity contribution in [3.05, 3.63) is 60.8 Å². The Labute approximate surface area is 372 Å². The topological polar surface area (TPSA) is 149 Å². The second-order valence-corrected chi connectivity index (χ2v) is 17.6. The van der Waals surface area contributed by atoms with Gasteiger partial charge in [-0.25, -0.2) is 4.57 Å². The molecule has 3 N–H and O–H groups in total. The van der Waals surface area contributed by atoms with E-state index in [9.17, 15) is 24.2 Å². The van der Waals surface area contributed by atoms with Crippen LogP contribution in [0.3, 0.4) is 0 Å². The summed E-state index contributed by atoms with van der Waals surface area (Å²) in [6.07, 6.45) is 51.9. The van der Waals surface area contributed by atoms with Crippen LogP contribution in [0.1, 0.15) is 206 Å². The summed E-state index contributed by atoms with van der Waals surface area (Å²) in [4.78, 5) is 35.1. The molecule has 0 saturated carbocycles. The fraction of sp³-hybridized carbons (Fsp3) is 0.760. The van der Waals surface area contributed by atoms with Crippen LogP contribution in [0.5, 0.6) is 0 Å². The van der Waals surface area contributed by atoms with Crippen LogP contribution in [-0.2, 0) is 32.7 Å². The number of hydrogen-bond donors (Lipinski definition) is 3. The van der Waals surface area contributed by atoms with Gasteiger partial charge >= 0.3 is 19.8 Å². The molecule has 0 aromatic heterocycles. The Kier molecular flexibility index (Phi) is 43.9. The van der Waals surface area contributed by atoms with Crippen LogP contribution >= 0.6 is 7.82 Å². The minimum absolute atomic E-state index is 0.106. The Morgan fingerprint density at radius 3 is 1.34 bits per heavy atom. The zero-order valence-corrected chi connectivity index (χ0v) is 39.5. The SMILES string of the molecule is CCCCCCCC/C=C/CCCCCCCCCC(=O)OC[C@H](COP(=O)(O)OC[C@@H](O)CO)OC(=O)CCC/C=C/C/C=C/C/C=C/C/C=C/CCCCCCCCC. The van der Waals surface area contributed by atoms with Gasteiger partial charge in [0.05, 0.1) is 19.8 Å². The van der Waals surface area contributed by atoms with E-state index >= 15 is 0 Å². The number of allylic oxidation sites excluding steroid dienone is 10. The molecule has 0 fully saturated rings. The van der Waals surface area contributed by atoms with Gasteiger partial charge < -0.3 is 24.6 Å². The third kappa shape index (κ3) is 45.5. The van der Waals surface area contributed by atoms with E-state index in [0.29, 0.717) is 19.3 Å². The second kappa shape index (κ2) is 45.7. The first kappa shape index (κ1) is 58.7. The van der Waals surface area contributed by atoms with E-state index in [4.69, 9.17) is 23.6 Å². The normalized spacial score (nSPS) is 14.2. The lowest BCUT2D eigenvalue weighted by Gasteiger charge is -2.20. The molecule has 61 heavy (non-hydrogen) atoms. The first-order chi connectivity index (χ1) is 29.7. The number of hydrogen-bond acceptors (Lipinski definition) is 9. The second-order valence-electron chi connectivity index (χ2n) is 16.1. The van der Waals surface area contributed by atoms with Crippen molar-refractivity contribution in [3.8, 4) is 0 Å². The van der Waals surface area contributed by atoms with Crippen LogP contribution in [0.15, 0.2) is 60.8 Å². The smallest absolute Gasteiger partial charge is 0.462 e. The molecule has 0 rings (SSSR count). The number of aliphatic hydroxyl groups is 2. The molecule has 0 bridgehead atoms. The van der Waals surface area contributed by atoms with Gasteiger partial charge in [-0.15, -0.1) is 0 Å². The van der Waals surface area contributed by atoms with Crippen molar-refractivity contribution in [3.63, 3.8) is 0 Å². The zero-order chi connectivity index (χ0) is 44.8. The molecule has 0 heterocycles. The number of phosphoric ester groups is 1. The summed E-state index contributed by atoms with van der Waals surface area (Å²) in [5.74, 6) is -0.994. The molecular formula is C50H89O10P. The highest BCUT2D eigenvalue weighted by Gasteiger charge is 2.27. The molecule has 0 saturated heterocycles. The van der Waals surface area contributed by atoms with Gasteiger partial charge in [0.2, 0.25) is 0 Å². The standard InChI is InChI=1S/C50H89O10P/c1-3-5-7-9-11-13-15-17-19-21-22-23-24-26-28-30-32-34-36-38-40-42-50(54)60-48(46-59-61(55,56)58-44-47(52)43-51)45-57-49(53)41-39-37-35-33-31-29-27-25-20-18-16-14-12-10-8-6-4-2/h18-21,23-24,28,30,34,36,47-48,51-52H,3-17,22,25-27,29,31-33,35,37-46H2,1-2H3,(H,55,56)/b20-18+,21-19+,24-23+,30-28+,36-34+/t47-,48+/m0/s1. The van der Waals surface area contributed by atoms with E-state index in [2.05, 4.69) is 68.5 Å². The van der Waals surface area contributed by atoms with Crippen molar-refractivity contribution in [2.45, 2.75) is 219 Å². The van der Waals surface area contributed by atoms with Crippen molar-refractivity contribution >= 4 is 19.8 Å². The van der Waals surface area contributed by atoms with Gasteiger partial charge in [0.15, 0.2) is 6.10 Å². The predicted molar refractivity (Wildman–Crippen MR) is 251 cm³/mol. The number of aliphatic hydroxyl groups excluding tert-OH is 2. The van der Waals surface area contributed by atoms with Gasteiger partial charge in [0, 0.05) is 12.8 Å². The van der Waals surface area contributed by atoms with Gasteiger partial charge in [0.1, 0.15) is 12.7 Å². The highest BCUT2D eigenvalue weighted by molar-refractivity contribution is 7.47. The number of carbonyl (C=O) groups is 2. The molecule has 3 atom stereocenters. The van der Waals surface area contributed by atoms with Gasteiger partial charge in [-0.3, -0.25) is 18.6 Å². The van der Waals surface area contributed by atoms with Gasteiger partial charge in [-0.2, -0.15) is 0 Å². The number of unbranched alkanes of at least 4 members (excludes halogenated alkanes) is 21. The Bertz CT molecular complexity index is 1200. The number of esters is 2. The van der Waals surface area contributed by atoms with Crippen molar-refractivity contribution in [1.29, 1.82) is 0 Å². The summed E-state index contributed by atoms with van der Waals surface area (Å²) >= 11 is 0. The number of carbonyl (C=O) groups excluding carboxylic acids is 2. The highest BCUT2D eigenvalue weighted by atomic mass is 31.2. The van der Waals surface area contributed by atoms with E-state index in [-0.39, 0.29) is 19.4 Å². The first-order valence-corrected chi connectivity index (χ1v) is 25.7. The van der Waals surface area contributed by atoms with Gasteiger partial charge in [-0.1, -0.05) is 177 Å². The zero-order valence-electron chi connectivity index (χ0n) is 38.6. The molecular weight excluding hydrogens is 792 g/mol. The molecule has 1 unspecified atom stereocenters. The van der Waals surface area contributed by atoms with Crippen LogP contribution in [-0.4, -0.2) is 65.7 Å². The summed E-state index contributed by atoms with van der Waals surface area (Å²) in [6.45, 7) is 2.32. The molecule has 0 aliphatic heterocycles. The van der Waals surface area contributed by atoms with E-state index in [1.165, 1.54) is 116 Å². The lowest BCUT2D eigenvalue weighted by molar-refractivity contribution is -0.161. The molecule has 0 spiro atoms. The van der Waals surface area contributed by atoms with E-state index in [0.717, 1.165) is 44.9 Å². The molecule has 0 aromatic carbocycles. The van der Waals surface area contributed by atoms with E-state index < -0.39 is 51.8 Å². The Morgan fingerprint density at radius 1 is 0.492 bits per heavy atom. The van der Waals surface area contributed by atoms with Gasteiger partial charge in [-0.05, 0) is 77.0 Å². The summed E-state index contributed by atoms with van der Waals surface area (Å²) < 4.78 is 32.7. The molecule has 11 heteroatoms. The third-order valence-corrected chi connectivity index (χ3v) is 11.1. The maximum atomic E-state index is 12.6. The Hall–Kier alpha value is -2.33. The van der Waals surface area contributed by atoms with Crippen LogP contribution in [0.4, 0.5) is 0 Å². The maximum absolute atomic E-state index is 12.6. The molecule has 354 valence electrons. The molecule has 0 aliphatic rings. The van der Waals surface area contributed by atoms with Gasteiger partial charge in [0.25, 0.3) is 0 Å². The van der Waals surface area contributed by atoms with E-state index in [1.54, 1.807) is 0 Å². The summed E-state index contributed by atoms with van der Waals surface area (Å²) in [5, 5.41) is 18.4. The lowest BCUT2D eigenvalue weighted by atomic mass is 10.1. The largest absolute Gasteiger partial charge is 0.472 e. The average Bonchev–Trinajstić information content (AvgIpc) is 3.25. The average molecular weight is 881 g/mol. The molecule has 0 amide bonds. The predicted octanol–water partition coefficient (Wildman–Crippen LogP) is 13.5. The van der Waals surface area contributed by atoms with Crippen molar-refractivity contribution in [2.75, 3.05) is 26.4 Å². The Morgan fingerprint density at radius 2 is 0.869 bits per heavy atom. The summed E-state index contributed by atoms with van der Waals surface area (Å²) in [5.41, 5.74) is 0. The molecule has 0 aliphatic carbocycles. The highest BCUT2D eigenvalue weighted by Crippen LogP contribution is 2.43. The quantitative estimate of drug-likeness (QED) is 0.0233. The lowest BCUT2D eigenvalue weighted by Crippen LogP contribution is -2.29. The summed E-state index contributed by atoms with van der Waals surface area (Å²) in [6, 6.07) is 0. The Balaban J connectivity index is 4.34. The van der Waals surface area contributed by atoms with Crippen LogP contribution in [0.25, 0.3) is 0 Å². The maximum Gasteiger partial charge on any atom is 0.472 e. The molecule has 10 nitrogen and oxygen atoms in total. The molecule has 0 radical (unpaired) electrons. The van der Waals surface area contributed by atoms with Crippen molar-refractivity contribution in [2.24, 2.45) is 0 Å². The van der Waals surface area contributed by atoms with E-state index in [1.807, 2.05) is 6.08 Å². The van der Waals surface area contributed by atoms with Crippen LogP contribution < -0.4 is 0 Å². The van der Waals surface area contributed by atoms with Crippen LogP contribution in [0, 0.1) is 0 Å². The molecule has 0 aromatic rings. The first-order valence-electron chi connectivity index (χ1n) is 24.2. The minimum Gasteiger partial charge on any atom is -0.462 e. The number of rotatable bonds is 45. The number of ether oxygens (including phenoxy) is 2. The van der Waals surface area contributed by atoms with Crippen molar-refractivity contribution < 1.29 is 47.8 Å². The summed E-state index contributed by atoms with van der Waals surface area (Å²) in [7, 11) is -4.64. The minimum atomic E-state index is -4.64. The fourth-order valence-corrected chi connectivity index (χ4v) is 7.18. The third-order valence-electron chi connectivity index (χ3n) is 10.1.